The van der Waals surface area contributed by atoms with Gasteiger partial charge in [-0.05, 0) is 23.8 Å². The molecule has 0 aliphatic carbocycles. The van der Waals surface area contributed by atoms with Crippen LogP contribution >= 0.6 is 0 Å². The van der Waals surface area contributed by atoms with Crippen LogP contribution in [0.2, 0.25) is 0 Å². The molecule has 1 aliphatic rings. The third-order valence-corrected chi connectivity index (χ3v) is 4.35. The van der Waals surface area contributed by atoms with Crippen LogP contribution in [0.15, 0.2) is 40.1 Å². The highest BCUT2D eigenvalue weighted by atomic mass is 16.7. The molecule has 26 heavy (non-hydrogen) atoms. The molecule has 0 spiro atoms. The summed E-state index contributed by atoms with van der Waals surface area (Å²) in [7, 11) is 1.61. The van der Waals surface area contributed by atoms with Gasteiger partial charge in [-0.1, -0.05) is 6.07 Å². The van der Waals surface area contributed by atoms with E-state index in [4.69, 9.17) is 14.2 Å². The molecule has 2 N–H and O–H groups in total. The van der Waals surface area contributed by atoms with E-state index in [2.05, 4.69) is 9.97 Å². The van der Waals surface area contributed by atoms with Gasteiger partial charge in [-0.25, -0.2) is 9.78 Å². The number of aromatic nitrogens is 3. The summed E-state index contributed by atoms with van der Waals surface area (Å²) in [5.41, 5.74) is 1.11. The van der Waals surface area contributed by atoms with Crippen molar-refractivity contribution in [2.75, 3.05) is 20.5 Å². The molecule has 2 aromatic heterocycles. The maximum atomic E-state index is 12.5. The van der Waals surface area contributed by atoms with Crippen molar-refractivity contribution < 1.29 is 19.2 Å². The first kappa shape index (κ1) is 16.3. The van der Waals surface area contributed by atoms with E-state index in [1.54, 1.807) is 19.4 Å². The van der Waals surface area contributed by atoms with E-state index in [0.717, 1.165) is 5.56 Å². The van der Waals surface area contributed by atoms with Gasteiger partial charge in [0.2, 0.25) is 6.79 Å². The van der Waals surface area contributed by atoms with E-state index >= 15 is 0 Å². The second kappa shape index (κ2) is 6.64. The van der Waals surface area contributed by atoms with Gasteiger partial charge in [0, 0.05) is 25.7 Å². The van der Waals surface area contributed by atoms with Crippen molar-refractivity contribution in [1.82, 2.24) is 9.55 Å². The lowest BCUT2D eigenvalue weighted by Gasteiger charge is -2.07. The summed E-state index contributed by atoms with van der Waals surface area (Å²) in [5, 5.41) is 0.420. The quantitative estimate of drug-likeness (QED) is 0.686. The molecule has 8 nitrogen and oxygen atoms in total. The molecule has 1 aliphatic heterocycles. The van der Waals surface area contributed by atoms with E-state index in [0.29, 0.717) is 47.7 Å². The van der Waals surface area contributed by atoms with E-state index in [1.807, 2.05) is 18.2 Å². The van der Waals surface area contributed by atoms with Crippen molar-refractivity contribution >= 4 is 11.0 Å². The molecule has 8 heteroatoms. The van der Waals surface area contributed by atoms with Crippen LogP contribution in [0.4, 0.5) is 0 Å². The Morgan fingerprint density at radius 3 is 2.92 bits per heavy atom. The highest BCUT2D eigenvalue weighted by Crippen LogP contribution is 2.36. The lowest BCUT2D eigenvalue weighted by atomic mass is 10.0. The third-order valence-electron chi connectivity index (χ3n) is 4.35. The third kappa shape index (κ3) is 2.74. The van der Waals surface area contributed by atoms with Crippen LogP contribution in [0.3, 0.4) is 0 Å². The average Bonchev–Trinajstić information content (AvgIpc) is 3.11. The molecule has 0 saturated heterocycles. The van der Waals surface area contributed by atoms with Gasteiger partial charge in [0.05, 0.1) is 12.7 Å². The lowest BCUT2D eigenvalue weighted by Crippen LogP contribution is -2.34. The van der Waals surface area contributed by atoms with Crippen LogP contribution in [0.1, 0.15) is 6.42 Å². The Kier molecular flexibility index (Phi) is 4.18. The zero-order valence-electron chi connectivity index (χ0n) is 14.2. The normalized spacial score (nSPS) is 12.7. The molecule has 0 unspecified atom stereocenters. The molecule has 0 bridgehead atoms. The average molecular weight is 356 g/mol. The Labute approximate surface area is 148 Å². The van der Waals surface area contributed by atoms with E-state index in [9.17, 15) is 9.59 Å². The number of H-pyrrole nitrogens is 2. The molecule has 134 valence electrons. The van der Waals surface area contributed by atoms with Crippen molar-refractivity contribution in [2.24, 2.45) is 0 Å². The molecule has 3 aromatic rings. The van der Waals surface area contributed by atoms with Gasteiger partial charge in [-0.15, -0.1) is 0 Å². The molecule has 0 radical (unpaired) electrons. The number of rotatable bonds is 5. The number of nitrogens with zero attached hydrogens (tertiary/aromatic N) is 1. The SMILES string of the molecule is COCCCn1c(=O)[nH]c(=O)c2c(-c3ccc4c(c3)OCO4)cc[nH+]c21. The molecular weight excluding hydrogens is 338 g/mol. The first-order valence-electron chi connectivity index (χ1n) is 8.25. The summed E-state index contributed by atoms with van der Waals surface area (Å²) < 4.78 is 17.3. The zero-order chi connectivity index (χ0) is 18.1. The highest BCUT2D eigenvalue weighted by Gasteiger charge is 2.21. The van der Waals surface area contributed by atoms with Crippen molar-refractivity contribution in [3.8, 4) is 22.6 Å². The standard InChI is InChI=1S/C18H17N3O5/c1-24-8-2-7-21-16-15(17(22)20-18(21)23)12(5-6-19-16)11-3-4-13-14(9-11)26-10-25-13/h3-6,9H,2,7-8,10H2,1H3,(H,20,22,23)/p+1. The van der Waals surface area contributed by atoms with Crippen molar-refractivity contribution in [3.05, 3.63) is 51.3 Å². The lowest BCUT2D eigenvalue weighted by molar-refractivity contribution is -0.349. The summed E-state index contributed by atoms with van der Waals surface area (Å²) in [4.78, 5) is 30.2. The van der Waals surface area contributed by atoms with Crippen molar-refractivity contribution in [3.63, 3.8) is 0 Å². The predicted octanol–water partition coefficient (Wildman–Crippen LogP) is 0.936. The van der Waals surface area contributed by atoms with E-state index in [-0.39, 0.29) is 6.79 Å². The van der Waals surface area contributed by atoms with Crippen LogP contribution < -0.4 is 25.7 Å². The van der Waals surface area contributed by atoms with Crippen molar-refractivity contribution in [2.45, 2.75) is 13.0 Å². The Bertz CT molecular complexity index is 1090. The molecule has 4 rings (SSSR count). The second-order valence-electron chi connectivity index (χ2n) is 5.94. The van der Waals surface area contributed by atoms with Gasteiger partial charge < -0.3 is 14.2 Å². The fraction of sp³-hybridized carbons (Fsp3) is 0.278. The van der Waals surface area contributed by atoms with Crippen LogP contribution in [0.5, 0.6) is 11.5 Å². The Hall–Kier alpha value is -3.13. The van der Waals surface area contributed by atoms with Crippen LogP contribution in [-0.4, -0.2) is 30.1 Å². The minimum Gasteiger partial charge on any atom is -0.454 e. The van der Waals surface area contributed by atoms with Gasteiger partial charge in [0.25, 0.3) is 11.2 Å². The maximum Gasteiger partial charge on any atom is 0.415 e. The number of methoxy groups -OCH3 is 1. The zero-order valence-corrected chi connectivity index (χ0v) is 14.2. The number of fused-ring (bicyclic) bond motifs is 2. The number of hydrogen-bond donors (Lipinski definition) is 1. The minimum atomic E-state index is -0.447. The minimum absolute atomic E-state index is 0.182. The van der Waals surface area contributed by atoms with Crippen LogP contribution in [0, 0.1) is 0 Å². The van der Waals surface area contributed by atoms with Gasteiger partial charge in [0.1, 0.15) is 5.39 Å². The van der Waals surface area contributed by atoms with Gasteiger partial charge in [-0.3, -0.25) is 9.78 Å². The predicted molar refractivity (Wildman–Crippen MR) is 93.4 cm³/mol. The molecular formula is C18H18N3O5+. The topological polar surface area (TPSA) is 96.7 Å². The summed E-state index contributed by atoms with van der Waals surface area (Å²) in [6.07, 6.45) is 2.37. The Morgan fingerprint density at radius 2 is 2.08 bits per heavy atom. The Balaban J connectivity index is 1.90. The molecule has 0 saturated carbocycles. The summed E-state index contributed by atoms with van der Waals surface area (Å²) in [5.74, 6) is 1.30. The fourth-order valence-electron chi connectivity index (χ4n) is 3.14. The number of benzene rings is 1. The summed E-state index contributed by atoms with van der Waals surface area (Å²) in [6.45, 7) is 1.14. The highest BCUT2D eigenvalue weighted by molar-refractivity contribution is 5.90. The van der Waals surface area contributed by atoms with Gasteiger partial charge in [0.15, 0.2) is 11.5 Å². The first-order chi connectivity index (χ1) is 12.7. The Morgan fingerprint density at radius 1 is 1.23 bits per heavy atom. The molecule has 3 heterocycles. The number of ether oxygens (including phenoxy) is 3. The summed E-state index contributed by atoms with van der Waals surface area (Å²) in [6, 6.07) is 7.31. The second-order valence-corrected chi connectivity index (χ2v) is 5.94. The van der Waals surface area contributed by atoms with Crippen molar-refractivity contribution in [1.29, 1.82) is 0 Å². The number of aromatic amines is 2. The van der Waals surface area contributed by atoms with Gasteiger partial charge in [-0.2, -0.15) is 4.57 Å². The number of nitrogens with one attached hydrogen (secondary N) is 2. The van der Waals surface area contributed by atoms with E-state index in [1.165, 1.54) is 4.57 Å². The number of aryl methyl sites for hydroxylation is 1. The maximum absolute atomic E-state index is 12.5. The fourth-order valence-corrected chi connectivity index (χ4v) is 3.14. The molecule has 1 aromatic carbocycles. The first-order valence-corrected chi connectivity index (χ1v) is 8.25. The van der Waals surface area contributed by atoms with Crippen LogP contribution in [0.25, 0.3) is 22.2 Å². The van der Waals surface area contributed by atoms with Crippen LogP contribution in [-0.2, 0) is 11.3 Å². The largest absolute Gasteiger partial charge is 0.454 e. The number of hydrogen-bond acceptors (Lipinski definition) is 5. The number of pyridine rings is 1. The van der Waals surface area contributed by atoms with Gasteiger partial charge >= 0.3 is 5.69 Å². The molecule has 0 amide bonds. The molecule has 0 atom stereocenters. The van der Waals surface area contributed by atoms with E-state index < -0.39 is 11.2 Å². The smallest absolute Gasteiger partial charge is 0.415 e. The molecule has 0 fully saturated rings. The summed E-state index contributed by atoms with van der Waals surface area (Å²) >= 11 is 0. The monoisotopic (exact) mass is 356 g/mol.